The van der Waals surface area contributed by atoms with Crippen LogP contribution >= 0.6 is 0 Å². The summed E-state index contributed by atoms with van der Waals surface area (Å²) in [5, 5.41) is 2.82. The summed E-state index contributed by atoms with van der Waals surface area (Å²) in [6, 6.07) is 1.51. The smallest absolute Gasteiger partial charge is 0.270 e. The molecule has 0 aliphatic heterocycles. The molecule has 0 spiro atoms. The number of aromatic nitrogens is 1. The van der Waals surface area contributed by atoms with Gasteiger partial charge < -0.3 is 15.2 Å². The first-order chi connectivity index (χ1) is 9.64. The van der Waals surface area contributed by atoms with Crippen LogP contribution < -0.4 is 5.32 Å². The van der Waals surface area contributed by atoms with E-state index in [1.165, 1.54) is 24.1 Å². The molecule has 0 aromatic carbocycles. The normalized spacial score (nSPS) is 11.1. The quantitative estimate of drug-likeness (QED) is 0.809. The van der Waals surface area contributed by atoms with Crippen molar-refractivity contribution in [3.63, 3.8) is 0 Å². The maximum Gasteiger partial charge on any atom is 0.270 e. The number of ketones is 1. The summed E-state index contributed by atoms with van der Waals surface area (Å²) in [4.78, 5) is 39.7. The predicted molar refractivity (Wildman–Crippen MR) is 80.3 cm³/mol. The van der Waals surface area contributed by atoms with Gasteiger partial charge in [0.2, 0.25) is 5.91 Å². The number of likely N-dealkylation sites (N-methyl/N-ethyl adjacent to an activating group) is 1. The Bertz CT molecular complexity index is 541. The number of amides is 2. The highest BCUT2D eigenvalue weighted by Gasteiger charge is 2.21. The fraction of sp³-hybridized carbons (Fsp3) is 0.533. The van der Waals surface area contributed by atoms with E-state index in [1.54, 1.807) is 6.92 Å². The van der Waals surface area contributed by atoms with E-state index < -0.39 is 0 Å². The van der Waals surface area contributed by atoms with Crippen molar-refractivity contribution in [3.05, 3.63) is 23.5 Å². The molecule has 0 aliphatic rings. The molecule has 1 aromatic heterocycles. The summed E-state index contributed by atoms with van der Waals surface area (Å²) in [5.41, 5.74) is 0.424. The molecule has 0 atom stereocenters. The number of hydrogen-bond donors (Lipinski definition) is 2. The zero-order chi connectivity index (χ0) is 16.2. The lowest BCUT2D eigenvalue weighted by Crippen LogP contribution is -2.47. The van der Waals surface area contributed by atoms with Crippen molar-refractivity contribution >= 4 is 17.6 Å². The fourth-order valence-corrected chi connectivity index (χ4v) is 1.85. The lowest BCUT2D eigenvalue weighted by molar-refractivity contribution is -0.123. The minimum atomic E-state index is -0.340. The Morgan fingerprint density at radius 2 is 1.90 bits per heavy atom. The van der Waals surface area contributed by atoms with Gasteiger partial charge in [0, 0.05) is 23.8 Å². The average Bonchev–Trinajstić information content (AvgIpc) is 2.82. The number of Topliss-reactive ketones (excluding diaryl/α,β-unsaturated/α-hetero) is 1. The maximum atomic E-state index is 12.3. The predicted octanol–water partition coefficient (Wildman–Crippen LogP) is 1.59. The van der Waals surface area contributed by atoms with E-state index in [0.717, 1.165) is 0 Å². The van der Waals surface area contributed by atoms with Crippen LogP contribution in [0.1, 0.15) is 55.5 Å². The SMILES string of the molecule is CCN(CC(=O)NC(C)(C)C)C(=O)c1cc(C(C)=O)c[nH]1. The number of carbonyl (C=O) groups excluding carboxylic acids is 3. The van der Waals surface area contributed by atoms with Crippen LogP contribution in [0.2, 0.25) is 0 Å². The molecule has 21 heavy (non-hydrogen) atoms. The molecule has 0 bridgehead atoms. The van der Waals surface area contributed by atoms with Crippen LogP contribution in [0.15, 0.2) is 12.3 Å². The van der Waals surface area contributed by atoms with Crippen LogP contribution in [-0.4, -0.2) is 46.1 Å². The minimum Gasteiger partial charge on any atom is -0.356 e. The van der Waals surface area contributed by atoms with E-state index in [2.05, 4.69) is 10.3 Å². The number of carbonyl (C=O) groups is 3. The molecule has 0 saturated heterocycles. The van der Waals surface area contributed by atoms with Crippen molar-refractivity contribution in [2.75, 3.05) is 13.1 Å². The Balaban J connectivity index is 2.77. The van der Waals surface area contributed by atoms with Gasteiger partial charge in [0.1, 0.15) is 5.69 Å². The van der Waals surface area contributed by atoms with Gasteiger partial charge in [-0.2, -0.15) is 0 Å². The Morgan fingerprint density at radius 1 is 1.29 bits per heavy atom. The van der Waals surface area contributed by atoms with E-state index in [1.807, 2.05) is 20.8 Å². The van der Waals surface area contributed by atoms with Gasteiger partial charge in [-0.25, -0.2) is 0 Å². The van der Waals surface area contributed by atoms with E-state index in [4.69, 9.17) is 0 Å². The van der Waals surface area contributed by atoms with Crippen LogP contribution in [0.4, 0.5) is 0 Å². The molecular weight excluding hydrogens is 270 g/mol. The van der Waals surface area contributed by atoms with Crippen molar-refractivity contribution in [1.29, 1.82) is 0 Å². The highest BCUT2D eigenvalue weighted by atomic mass is 16.2. The first-order valence-corrected chi connectivity index (χ1v) is 6.93. The van der Waals surface area contributed by atoms with Crippen LogP contribution in [-0.2, 0) is 4.79 Å². The third-order valence-electron chi connectivity index (χ3n) is 2.84. The fourth-order valence-electron chi connectivity index (χ4n) is 1.85. The van der Waals surface area contributed by atoms with Crippen LogP contribution in [0.3, 0.4) is 0 Å². The zero-order valence-corrected chi connectivity index (χ0v) is 13.2. The first kappa shape index (κ1) is 16.9. The van der Waals surface area contributed by atoms with Gasteiger partial charge in [0.25, 0.3) is 5.91 Å². The van der Waals surface area contributed by atoms with E-state index in [0.29, 0.717) is 17.8 Å². The number of aromatic amines is 1. The number of nitrogens with zero attached hydrogens (tertiary/aromatic N) is 1. The molecule has 116 valence electrons. The minimum absolute atomic E-state index is 0.0129. The van der Waals surface area contributed by atoms with Gasteiger partial charge in [-0.1, -0.05) is 0 Å². The molecule has 1 rings (SSSR count). The second-order valence-electron chi connectivity index (χ2n) is 5.98. The van der Waals surface area contributed by atoms with Gasteiger partial charge in [0.15, 0.2) is 5.78 Å². The van der Waals surface area contributed by atoms with Gasteiger partial charge >= 0.3 is 0 Å². The van der Waals surface area contributed by atoms with Gasteiger partial charge in [0.05, 0.1) is 6.54 Å². The van der Waals surface area contributed by atoms with Crippen molar-refractivity contribution in [3.8, 4) is 0 Å². The molecule has 6 heteroatoms. The average molecular weight is 293 g/mol. The summed E-state index contributed by atoms with van der Waals surface area (Å²) in [6.45, 7) is 9.28. The largest absolute Gasteiger partial charge is 0.356 e. The van der Waals surface area contributed by atoms with Gasteiger partial charge in [-0.05, 0) is 40.7 Å². The van der Waals surface area contributed by atoms with Crippen molar-refractivity contribution in [1.82, 2.24) is 15.2 Å². The van der Waals surface area contributed by atoms with E-state index >= 15 is 0 Å². The lowest BCUT2D eigenvalue weighted by Gasteiger charge is -2.24. The summed E-state index contributed by atoms with van der Waals surface area (Å²) < 4.78 is 0. The number of rotatable bonds is 5. The second-order valence-corrected chi connectivity index (χ2v) is 5.98. The Morgan fingerprint density at radius 3 is 2.33 bits per heavy atom. The third-order valence-corrected chi connectivity index (χ3v) is 2.84. The molecule has 1 aromatic rings. The molecule has 0 fully saturated rings. The van der Waals surface area contributed by atoms with Crippen molar-refractivity contribution in [2.24, 2.45) is 0 Å². The maximum absolute atomic E-state index is 12.3. The number of hydrogen-bond acceptors (Lipinski definition) is 3. The standard InChI is InChI=1S/C15H23N3O3/c1-6-18(9-13(20)17-15(3,4)5)14(21)12-7-11(8-16-12)10(2)19/h7-8,16H,6,9H2,1-5H3,(H,17,20). The molecular formula is C15H23N3O3. The van der Waals surface area contributed by atoms with Crippen molar-refractivity contribution < 1.29 is 14.4 Å². The highest BCUT2D eigenvalue weighted by Crippen LogP contribution is 2.08. The van der Waals surface area contributed by atoms with Crippen molar-refractivity contribution in [2.45, 2.75) is 40.2 Å². The summed E-state index contributed by atoms with van der Waals surface area (Å²) >= 11 is 0. The Labute approximate surface area is 124 Å². The van der Waals surface area contributed by atoms with E-state index in [-0.39, 0.29) is 29.7 Å². The molecule has 0 saturated carbocycles. The summed E-state index contributed by atoms with van der Waals surface area (Å²) in [7, 11) is 0. The number of H-pyrrole nitrogens is 1. The molecule has 6 nitrogen and oxygen atoms in total. The molecule has 1 heterocycles. The highest BCUT2D eigenvalue weighted by molar-refractivity contribution is 6.00. The van der Waals surface area contributed by atoms with Crippen LogP contribution in [0.25, 0.3) is 0 Å². The third kappa shape index (κ3) is 5.06. The molecule has 2 N–H and O–H groups in total. The van der Waals surface area contributed by atoms with E-state index in [9.17, 15) is 14.4 Å². The molecule has 0 radical (unpaired) electrons. The molecule has 0 aliphatic carbocycles. The van der Waals surface area contributed by atoms with Crippen LogP contribution in [0, 0.1) is 0 Å². The topological polar surface area (TPSA) is 82.3 Å². The molecule has 2 amide bonds. The second kappa shape index (κ2) is 6.56. The lowest BCUT2D eigenvalue weighted by atomic mass is 10.1. The summed E-state index contributed by atoms with van der Waals surface area (Å²) in [5.74, 6) is -0.621. The monoisotopic (exact) mass is 293 g/mol. The Hall–Kier alpha value is -2.11. The Kier molecular flexibility index (Phi) is 5.29. The first-order valence-electron chi connectivity index (χ1n) is 6.93. The summed E-state index contributed by atoms with van der Waals surface area (Å²) in [6.07, 6.45) is 1.50. The van der Waals surface area contributed by atoms with Gasteiger partial charge in [-0.15, -0.1) is 0 Å². The zero-order valence-electron chi connectivity index (χ0n) is 13.2. The molecule has 0 unspecified atom stereocenters. The number of nitrogens with one attached hydrogen (secondary N) is 2. The van der Waals surface area contributed by atoms with Crippen LogP contribution in [0.5, 0.6) is 0 Å². The van der Waals surface area contributed by atoms with Gasteiger partial charge in [-0.3, -0.25) is 14.4 Å².